The molecular weight excluding hydrogens is 192 g/mol. The molecule has 15 heavy (non-hydrogen) atoms. The van der Waals surface area contributed by atoms with E-state index in [2.05, 4.69) is 10.2 Å². The fourth-order valence-electron chi connectivity index (χ4n) is 3.13. The number of carbonyl (C=O) groups is 1. The van der Waals surface area contributed by atoms with Crippen LogP contribution < -0.4 is 5.32 Å². The number of rotatable bonds is 3. The van der Waals surface area contributed by atoms with Crippen LogP contribution in [-0.2, 0) is 4.79 Å². The molecule has 0 spiro atoms. The van der Waals surface area contributed by atoms with E-state index < -0.39 is 11.5 Å². The average molecular weight is 212 g/mol. The Hall–Kier alpha value is -0.610. The fourth-order valence-corrected chi connectivity index (χ4v) is 3.13. The molecule has 2 unspecified atom stereocenters. The number of carboxylic acids is 1. The van der Waals surface area contributed by atoms with Gasteiger partial charge in [0, 0.05) is 18.6 Å². The van der Waals surface area contributed by atoms with Gasteiger partial charge >= 0.3 is 5.97 Å². The molecule has 0 aliphatic carbocycles. The number of aliphatic carboxylic acids is 1. The summed E-state index contributed by atoms with van der Waals surface area (Å²) >= 11 is 0. The summed E-state index contributed by atoms with van der Waals surface area (Å²) in [6.07, 6.45) is 2.90. The smallest absolute Gasteiger partial charge is 0.325 e. The number of carboxylic acid groups (broad SMARTS) is 1. The zero-order valence-corrected chi connectivity index (χ0v) is 9.49. The summed E-state index contributed by atoms with van der Waals surface area (Å²) < 4.78 is 0. The lowest BCUT2D eigenvalue weighted by Gasteiger charge is -2.33. The maximum Gasteiger partial charge on any atom is 0.325 e. The maximum atomic E-state index is 11.5. The molecule has 0 amide bonds. The first-order valence-corrected chi connectivity index (χ1v) is 5.81. The van der Waals surface area contributed by atoms with E-state index in [0.717, 1.165) is 32.4 Å². The highest BCUT2D eigenvalue weighted by molar-refractivity contribution is 5.80. The van der Waals surface area contributed by atoms with Crippen molar-refractivity contribution in [2.75, 3.05) is 13.1 Å². The molecule has 2 fully saturated rings. The zero-order valence-electron chi connectivity index (χ0n) is 9.49. The lowest BCUT2D eigenvalue weighted by atomic mass is 9.88. The molecule has 0 bridgehead atoms. The highest BCUT2D eigenvalue weighted by atomic mass is 16.4. The highest BCUT2D eigenvalue weighted by Gasteiger charge is 2.54. The Labute approximate surface area is 90.6 Å². The van der Waals surface area contributed by atoms with E-state index in [1.807, 2.05) is 13.8 Å². The quantitative estimate of drug-likeness (QED) is 0.722. The minimum atomic E-state index is -0.690. The standard InChI is InChI=1S/C11H20N2O2/c1-8(2)12-11(10(14)15)5-7-13-6-3-4-9(11)13/h8-9,12H,3-7H2,1-2H3,(H,14,15). The summed E-state index contributed by atoms with van der Waals surface area (Å²) in [5.41, 5.74) is -0.690. The van der Waals surface area contributed by atoms with E-state index >= 15 is 0 Å². The Balaban J connectivity index is 2.22. The van der Waals surface area contributed by atoms with Gasteiger partial charge < -0.3 is 5.11 Å². The van der Waals surface area contributed by atoms with Crippen molar-refractivity contribution in [3.05, 3.63) is 0 Å². The van der Waals surface area contributed by atoms with Crippen LogP contribution in [0.2, 0.25) is 0 Å². The molecule has 86 valence electrons. The number of nitrogens with one attached hydrogen (secondary N) is 1. The van der Waals surface area contributed by atoms with Crippen molar-refractivity contribution in [1.29, 1.82) is 0 Å². The largest absolute Gasteiger partial charge is 0.480 e. The summed E-state index contributed by atoms with van der Waals surface area (Å²) in [7, 11) is 0. The van der Waals surface area contributed by atoms with Gasteiger partial charge in [0.15, 0.2) is 0 Å². The molecule has 2 aliphatic heterocycles. The molecular formula is C11H20N2O2. The zero-order chi connectivity index (χ0) is 11.1. The van der Waals surface area contributed by atoms with Gasteiger partial charge in [0.1, 0.15) is 5.54 Å². The van der Waals surface area contributed by atoms with Gasteiger partial charge in [-0.05, 0) is 39.7 Å². The average Bonchev–Trinajstić information content (AvgIpc) is 2.67. The number of fused-ring (bicyclic) bond motifs is 1. The summed E-state index contributed by atoms with van der Waals surface area (Å²) in [6, 6.07) is 0.430. The van der Waals surface area contributed by atoms with Crippen molar-refractivity contribution < 1.29 is 9.90 Å². The molecule has 2 atom stereocenters. The van der Waals surface area contributed by atoms with Crippen LogP contribution in [-0.4, -0.2) is 46.7 Å². The van der Waals surface area contributed by atoms with Crippen molar-refractivity contribution in [3.63, 3.8) is 0 Å². The molecule has 2 saturated heterocycles. The summed E-state index contributed by atoms with van der Waals surface area (Å²) in [4.78, 5) is 13.8. The molecule has 0 saturated carbocycles. The molecule has 2 aliphatic rings. The lowest BCUT2D eigenvalue weighted by Crippen LogP contribution is -2.60. The van der Waals surface area contributed by atoms with E-state index in [4.69, 9.17) is 0 Å². The molecule has 2 rings (SSSR count). The van der Waals surface area contributed by atoms with Crippen molar-refractivity contribution in [3.8, 4) is 0 Å². The molecule has 4 heteroatoms. The van der Waals surface area contributed by atoms with Crippen molar-refractivity contribution in [1.82, 2.24) is 10.2 Å². The van der Waals surface area contributed by atoms with Gasteiger partial charge in [0.05, 0.1) is 0 Å². The van der Waals surface area contributed by atoms with E-state index in [1.54, 1.807) is 0 Å². The highest BCUT2D eigenvalue weighted by Crippen LogP contribution is 2.36. The molecule has 0 aromatic heterocycles. The van der Waals surface area contributed by atoms with Crippen molar-refractivity contribution in [2.24, 2.45) is 0 Å². The molecule has 4 nitrogen and oxygen atoms in total. The molecule has 0 radical (unpaired) electrons. The van der Waals surface area contributed by atoms with Gasteiger partial charge in [-0.3, -0.25) is 15.0 Å². The maximum absolute atomic E-state index is 11.5. The number of nitrogens with zero attached hydrogens (tertiary/aromatic N) is 1. The minimum Gasteiger partial charge on any atom is -0.480 e. The van der Waals surface area contributed by atoms with Crippen LogP contribution in [0.1, 0.15) is 33.1 Å². The Bertz CT molecular complexity index is 267. The monoisotopic (exact) mass is 212 g/mol. The topological polar surface area (TPSA) is 52.6 Å². The predicted molar refractivity (Wildman–Crippen MR) is 57.9 cm³/mol. The summed E-state index contributed by atoms with van der Waals surface area (Å²) in [6.45, 7) is 6.03. The van der Waals surface area contributed by atoms with Gasteiger partial charge in [0.25, 0.3) is 0 Å². The number of hydrogen-bond acceptors (Lipinski definition) is 3. The van der Waals surface area contributed by atoms with Gasteiger partial charge in [-0.25, -0.2) is 0 Å². The first-order chi connectivity index (χ1) is 7.06. The van der Waals surface area contributed by atoms with Crippen molar-refractivity contribution in [2.45, 2.75) is 50.7 Å². The fraction of sp³-hybridized carbons (Fsp3) is 0.909. The van der Waals surface area contributed by atoms with Gasteiger partial charge in [-0.1, -0.05) is 0 Å². The third kappa shape index (κ3) is 1.66. The third-order valence-electron chi connectivity index (χ3n) is 3.65. The van der Waals surface area contributed by atoms with Crippen LogP contribution in [0.5, 0.6) is 0 Å². The second-order valence-corrected chi connectivity index (χ2v) is 5.02. The van der Waals surface area contributed by atoms with Crippen LogP contribution in [0.4, 0.5) is 0 Å². The second kappa shape index (κ2) is 3.76. The van der Waals surface area contributed by atoms with E-state index in [9.17, 15) is 9.90 Å². The van der Waals surface area contributed by atoms with Crippen LogP contribution in [0, 0.1) is 0 Å². The van der Waals surface area contributed by atoms with Crippen LogP contribution in [0.15, 0.2) is 0 Å². The van der Waals surface area contributed by atoms with Crippen LogP contribution >= 0.6 is 0 Å². The molecule has 0 aromatic rings. The number of hydrogen-bond donors (Lipinski definition) is 2. The first kappa shape index (κ1) is 10.9. The Morgan fingerprint density at radius 3 is 2.87 bits per heavy atom. The van der Waals surface area contributed by atoms with Crippen LogP contribution in [0.3, 0.4) is 0 Å². The van der Waals surface area contributed by atoms with E-state index in [-0.39, 0.29) is 12.1 Å². The van der Waals surface area contributed by atoms with Gasteiger partial charge in [0.2, 0.25) is 0 Å². The normalized spacial score (nSPS) is 36.1. The first-order valence-electron chi connectivity index (χ1n) is 5.81. The predicted octanol–water partition coefficient (Wildman–Crippen LogP) is 0.676. The van der Waals surface area contributed by atoms with Gasteiger partial charge in [-0.15, -0.1) is 0 Å². The Morgan fingerprint density at radius 2 is 2.27 bits per heavy atom. The van der Waals surface area contributed by atoms with E-state index in [1.165, 1.54) is 0 Å². The summed E-state index contributed by atoms with van der Waals surface area (Å²) in [5.74, 6) is -0.675. The van der Waals surface area contributed by atoms with Crippen molar-refractivity contribution >= 4 is 5.97 Å². The second-order valence-electron chi connectivity index (χ2n) is 5.02. The summed E-state index contributed by atoms with van der Waals surface area (Å²) in [5, 5.41) is 12.8. The minimum absolute atomic E-state index is 0.206. The van der Waals surface area contributed by atoms with Crippen LogP contribution in [0.25, 0.3) is 0 Å². The van der Waals surface area contributed by atoms with Gasteiger partial charge in [-0.2, -0.15) is 0 Å². The SMILES string of the molecule is CC(C)NC1(C(=O)O)CCN2CCCC21. The molecule has 2 heterocycles. The Morgan fingerprint density at radius 1 is 1.53 bits per heavy atom. The third-order valence-corrected chi connectivity index (χ3v) is 3.65. The lowest BCUT2D eigenvalue weighted by molar-refractivity contribution is -0.146. The van der Waals surface area contributed by atoms with E-state index in [0.29, 0.717) is 0 Å². The Kier molecular flexibility index (Phi) is 2.73. The molecule has 0 aromatic carbocycles. The molecule has 2 N–H and O–H groups in total.